The molecule has 1 aliphatic rings. The molecule has 1 saturated carbocycles. The first kappa shape index (κ1) is 13.2. The standard InChI is InChI=1S/C11H18N4O2S/c1-7(3-2-6-16)12-10(17)13-11-15-14-9(18-11)8-4-5-8/h7-8,16H,2-6H2,1H3,(H2,12,13,15,17)/t7-/m1/s1. The fraction of sp³-hybridized carbons (Fsp3) is 0.727. The van der Waals surface area contributed by atoms with E-state index in [2.05, 4.69) is 20.8 Å². The lowest BCUT2D eigenvalue weighted by molar-refractivity contribution is 0.245. The SMILES string of the molecule is C[C@H](CCCO)NC(=O)Nc1nnc(C2CC2)s1. The molecule has 1 heterocycles. The summed E-state index contributed by atoms with van der Waals surface area (Å²) in [5.41, 5.74) is 0. The summed E-state index contributed by atoms with van der Waals surface area (Å²) in [7, 11) is 0. The van der Waals surface area contributed by atoms with Gasteiger partial charge in [-0.25, -0.2) is 4.79 Å². The van der Waals surface area contributed by atoms with Crippen molar-refractivity contribution in [1.29, 1.82) is 0 Å². The minimum atomic E-state index is -0.265. The van der Waals surface area contributed by atoms with Crippen LogP contribution in [-0.4, -0.2) is 34.0 Å². The zero-order valence-electron chi connectivity index (χ0n) is 10.3. The number of carbonyl (C=O) groups is 1. The number of nitrogens with one attached hydrogen (secondary N) is 2. The van der Waals surface area contributed by atoms with Crippen molar-refractivity contribution in [2.45, 2.75) is 44.6 Å². The molecule has 2 amide bonds. The predicted octanol–water partition coefficient (Wildman–Crippen LogP) is 1.70. The van der Waals surface area contributed by atoms with Crippen LogP contribution in [0.1, 0.15) is 43.5 Å². The Hall–Kier alpha value is -1.21. The van der Waals surface area contributed by atoms with Gasteiger partial charge in [-0.05, 0) is 32.6 Å². The first-order valence-corrected chi connectivity index (χ1v) is 7.02. The van der Waals surface area contributed by atoms with Gasteiger partial charge in [-0.1, -0.05) is 11.3 Å². The van der Waals surface area contributed by atoms with Crippen molar-refractivity contribution in [2.75, 3.05) is 11.9 Å². The van der Waals surface area contributed by atoms with E-state index in [-0.39, 0.29) is 18.7 Å². The first-order valence-electron chi connectivity index (χ1n) is 6.21. The van der Waals surface area contributed by atoms with Crippen LogP contribution in [0.2, 0.25) is 0 Å². The van der Waals surface area contributed by atoms with Crippen LogP contribution in [0.5, 0.6) is 0 Å². The van der Waals surface area contributed by atoms with Gasteiger partial charge in [0, 0.05) is 18.6 Å². The molecule has 1 atom stereocenters. The van der Waals surface area contributed by atoms with E-state index in [0.29, 0.717) is 17.5 Å². The molecular weight excluding hydrogens is 252 g/mol. The lowest BCUT2D eigenvalue weighted by atomic mass is 10.2. The molecule has 18 heavy (non-hydrogen) atoms. The molecule has 6 nitrogen and oxygen atoms in total. The van der Waals surface area contributed by atoms with Crippen LogP contribution in [0, 0.1) is 0 Å². The lowest BCUT2D eigenvalue weighted by Gasteiger charge is -2.12. The van der Waals surface area contributed by atoms with Gasteiger partial charge in [0.1, 0.15) is 5.01 Å². The molecule has 0 bridgehead atoms. The van der Waals surface area contributed by atoms with Gasteiger partial charge in [0.15, 0.2) is 0 Å². The van der Waals surface area contributed by atoms with Crippen molar-refractivity contribution in [3.8, 4) is 0 Å². The Morgan fingerprint density at radius 3 is 3.00 bits per heavy atom. The molecule has 3 N–H and O–H groups in total. The number of amides is 2. The van der Waals surface area contributed by atoms with Crippen LogP contribution in [0.15, 0.2) is 0 Å². The van der Waals surface area contributed by atoms with E-state index in [1.807, 2.05) is 6.92 Å². The van der Waals surface area contributed by atoms with Crippen molar-refractivity contribution >= 4 is 22.5 Å². The monoisotopic (exact) mass is 270 g/mol. The Balaban J connectivity index is 1.75. The second kappa shape index (κ2) is 6.10. The molecule has 1 fully saturated rings. The van der Waals surface area contributed by atoms with E-state index in [9.17, 15) is 4.79 Å². The van der Waals surface area contributed by atoms with Crippen molar-refractivity contribution in [3.05, 3.63) is 5.01 Å². The highest BCUT2D eigenvalue weighted by Crippen LogP contribution is 2.41. The third-order valence-corrected chi connectivity index (χ3v) is 3.76. The van der Waals surface area contributed by atoms with Crippen LogP contribution in [0.25, 0.3) is 0 Å². The highest BCUT2D eigenvalue weighted by Gasteiger charge is 2.27. The maximum atomic E-state index is 11.6. The molecule has 0 unspecified atom stereocenters. The van der Waals surface area contributed by atoms with E-state index >= 15 is 0 Å². The van der Waals surface area contributed by atoms with Crippen LogP contribution in [0.4, 0.5) is 9.93 Å². The van der Waals surface area contributed by atoms with Gasteiger partial charge in [-0.2, -0.15) is 0 Å². The summed E-state index contributed by atoms with van der Waals surface area (Å²) in [6, 6.07) is -0.230. The maximum absolute atomic E-state index is 11.6. The molecule has 0 aromatic carbocycles. The number of anilines is 1. The van der Waals surface area contributed by atoms with E-state index in [1.165, 1.54) is 24.2 Å². The van der Waals surface area contributed by atoms with Crippen molar-refractivity contribution in [2.24, 2.45) is 0 Å². The lowest BCUT2D eigenvalue weighted by Crippen LogP contribution is -2.36. The molecule has 1 aromatic heterocycles. The number of carbonyl (C=O) groups excluding carboxylic acids is 1. The average Bonchev–Trinajstić information content (AvgIpc) is 3.08. The Bertz CT molecular complexity index is 406. The smallest absolute Gasteiger partial charge is 0.321 e. The second-order valence-corrected chi connectivity index (χ2v) is 5.59. The van der Waals surface area contributed by atoms with Gasteiger partial charge >= 0.3 is 6.03 Å². The Morgan fingerprint density at radius 2 is 2.33 bits per heavy atom. The summed E-state index contributed by atoms with van der Waals surface area (Å²) in [4.78, 5) is 11.6. The number of aliphatic hydroxyl groups excluding tert-OH is 1. The van der Waals surface area contributed by atoms with Gasteiger partial charge in [-0.3, -0.25) is 5.32 Å². The first-order chi connectivity index (χ1) is 8.69. The van der Waals surface area contributed by atoms with Crippen molar-refractivity contribution in [1.82, 2.24) is 15.5 Å². The Labute approximate surface area is 110 Å². The molecule has 0 saturated heterocycles. The Kier molecular flexibility index (Phi) is 4.48. The minimum Gasteiger partial charge on any atom is -0.396 e. The molecule has 1 aromatic rings. The molecule has 1 aliphatic carbocycles. The second-order valence-electron chi connectivity index (χ2n) is 4.59. The van der Waals surface area contributed by atoms with E-state index in [4.69, 9.17) is 5.11 Å². The van der Waals surface area contributed by atoms with Crippen LogP contribution >= 0.6 is 11.3 Å². The summed E-state index contributed by atoms with van der Waals surface area (Å²) in [5.74, 6) is 0.560. The zero-order chi connectivity index (χ0) is 13.0. The quantitative estimate of drug-likeness (QED) is 0.734. The molecule has 0 aliphatic heterocycles. The van der Waals surface area contributed by atoms with Crippen molar-refractivity contribution in [3.63, 3.8) is 0 Å². The molecule has 100 valence electrons. The molecule has 7 heteroatoms. The number of urea groups is 1. The largest absolute Gasteiger partial charge is 0.396 e. The van der Waals surface area contributed by atoms with Gasteiger partial charge in [-0.15, -0.1) is 10.2 Å². The van der Waals surface area contributed by atoms with Gasteiger partial charge < -0.3 is 10.4 Å². The topological polar surface area (TPSA) is 87.1 Å². The molecule has 0 radical (unpaired) electrons. The highest BCUT2D eigenvalue weighted by molar-refractivity contribution is 7.15. The number of nitrogens with zero attached hydrogens (tertiary/aromatic N) is 2. The normalized spacial score (nSPS) is 16.3. The minimum absolute atomic E-state index is 0.0352. The number of aromatic nitrogens is 2. The number of rotatable bonds is 6. The van der Waals surface area contributed by atoms with Gasteiger partial charge in [0.05, 0.1) is 0 Å². The number of hydrogen-bond donors (Lipinski definition) is 3. The Morgan fingerprint density at radius 1 is 1.56 bits per heavy atom. The van der Waals surface area contributed by atoms with Crippen LogP contribution in [0.3, 0.4) is 0 Å². The summed E-state index contributed by atoms with van der Waals surface area (Å²) in [6.07, 6.45) is 3.80. The molecular formula is C11H18N4O2S. The predicted molar refractivity (Wildman–Crippen MR) is 69.8 cm³/mol. The maximum Gasteiger partial charge on any atom is 0.321 e. The number of hydrogen-bond acceptors (Lipinski definition) is 5. The highest BCUT2D eigenvalue weighted by atomic mass is 32.1. The number of aliphatic hydroxyl groups is 1. The van der Waals surface area contributed by atoms with Gasteiger partial charge in [0.2, 0.25) is 5.13 Å². The summed E-state index contributed by atoms with van der Waals surface area (Å²) in [5, 5.41) is 23.7. The van der Waals surface area contributed by atoms with E-state index < -0.39 is 0 Å². The molecule has 2 rings (SSSR count). The summed E-state index contributed by atoms with van der Waals surface area (Å²) < 4.78 is 0. The van der Waals surface area contributed by atoms with E-state index in [0.717, 1.165) is 11.4 Å². The van der Waals surface area contributed by atoms with Crippen LogP contribution in [-0.2, 0) is 0 Å². The summed E-state index contributed by atoms with van der Waals surface area (Å²) >= 11 is 1.44. The third-order valence-electron chi connectivity index (χ3n) is 2.76. The van der Waals surface area contributed by atoms with Crippen molar-refractivity contribution < 1.29 is 9.90 Å². The fourth-order valence-electron chi connectivity index (χ4n) is 1.61. The third kappa shape index (κ3) is 3.92. The molecule has 0 spiro atoms. The average molecular weight is 270 g/mol. The zero-order valence-corrected chi connectivity index (χ0v) is 11.2. The van der Waals surface area contributed by atoms with Gasteiger partial charge in [0.25, 0.3) is 0 Å². The van der Waals surface area contributed by atoms with Crippen LogP contribution < -0.4 is 10.6 Å². The fourth-order valence-corrected chi connectivity index (χ4v) is 2.51. The van der Waals surface area contributed by atoms with E-state index in [1.54, 1.807) is 0 Å². The summed E-state index contributed by atoms with van der Waals surface area (Å²) in [6.45, 7) is 2.06.